The van der Waals surface area contributed by atoms with E-state index < -0.39 is 0 Å². The van der Waals surface area contributed by atoms with E-state index in [2.05, 4.69) is 12.1 Å². The van der Waals surface area contributed by atoms with Crippen LogP contribution in [-0.4, -0.2) is 5.78 Å². The predicted octanol–water partition coefficient (Wildman–Crippen LogP) is 4.84. The molecule has 0 atom stereocenters. The first-order chi connectivity index (χ1) is 9.83. The fourth-order valence-corrected chi connectivity index (χ4v) is 2.83. The van der Waals surface area contributed by atoms with E-state index in [1.165, 1.54) is 5.56 Å². The lowest BCUT2D eigenvalue weighted by atomic mass is 10.0. The van der Waals surface area contributed by atoms with Crippen LogP contribution in [0.3, 0.4) is 0 Å². The number of hydrogen-bond acceptors (Lipinski definition) is 2. The second kappa shape index (κ2) is 5.85. The van der Waals surface area contributed by atoms with E-state index in [4.69, 9.17) is 0 Å². The number of benzene rings is 2. The van der Waals surface area contributed by atoms with Crippen LogP contribution in [0.15, 0.2) is 71.4 Å². The van der Waals surface area contributed by atoms with Gasteiger partial charge in [0.1, 0.15) is 0 Å². The van der Waals surface area contributed by atoms with Gasteiger partial charge >= 0.3 is 0 Å². The highest BCUT2D eigenvalue weighted by molar-refractivity contribution is 7.08. The lowest BCUT2D eigenvalue weighted by Gasteiger charge is -2.03. The van der Waals surface area contributed by atoms with Gasteiger partial charge in [-0.25, -0.2) is 0 Å². The van der Waals surface area contributed by atoms with Gasteiger partial charge in [-0.2, -0.15) is 11.3 Å². The van der Waals surface area contributed by atoms with Gasteiger partial charge in [0, 0.05) is 12.0 Å². The molecule has 0 aliphatic heterocycles. The Kier molecular flexibility index (Phi) is 3.75. The van der Waals surface area contributed by atoms with Crippen molar-refractivity contribution in [3.05, 3.63) is 82.6 Å². The highest BCUT2D eigenvalue weighted by Gasteiger charge is 2.07. The van der Waals surface area contributed by atoms with Crippen molar-refractivity contribution in [1.29, 1.82) is 0 Å². The lowest BCUT2D eigenvalue weighted by Crippen LogP contribution is -2.02. The normalized spacial score (nSPS) is 10.4. The van der Waals surface area contributed by atoms with Crippen LogP contribution in [0.25, 0.3) is 11.1 Å². The molecule has 2 aromatic carbocycles. The molecule has 1 aromatic heterocycles. The van der Waals surface area contributed by atoms with E-state index in [1.807, 2.05) is 59.3 Å². The molecule has 3 rings (SSSR count). The second-order valence-electron chi connectivity index (χ2n) is 4.67. The quantitative estimate of drug-likeness (QED) is 0.624. The SMILES string of the molecule is O=C(Cc1ccsc1)c1ccc(-c2ccccc2)cc1. The highest BCUT2D eigenvalue weighted by atomic mass is 32.1. The first kappa shape index (κ1) is 12.8. The minimum Gasteiger partial charge on any atom is -0.294 e. The molecule has 0 saturated carbocycles. The fraction of sp³-hybridized carbons (Fsp3) is 0.0556. The van der Waals surface area contributed by atoms with Crippen molar-refractivity contribution in [3.63, 3.8) is 0 Å². The molecule has 0 saturated heterocycles. The van der Waals surface area contributed by atoms with Gasteiger partial charge in [-0.05, 0) is 33.5 Å². The summed E-state index contributed by atoms with van der Waals surface area (Å²) in [4.78, 5) is 12.2. The van der Waals surface area contributed by atoms with Crippen LogP contribution in [-0.2, 0) is 6.42 Å². The predicted molar refractivity (Wildman–Crippen MR) is 84.2 cm³/mol. The molecule has 0 radical (unpaired) electrons. The van der Waals surface area contributed by atoms with Crippen LogP contribution in [0.2, 0.25) is 0 Å². The summed E-state index contributed by atoms with van der Waals surface area (Å²) < 4.78 is 0. The summed E-state index contributed by atoms with van der Waals surface area (Å²) in [7, 11) is 0. The molecule has 98 valence electrons. The smallest absolute Gasteiger partial charge is 0.167 e. The zero-order valence-corrected chi connectivity index (χ0v) is 11.8. The summed E-state index contributed by atoms with van der Waals surface area (Å²) in [6.07, 6.45) is 0.480. The molecule has 0 bridgehead atoms. The van der Waals surface area contributed by atoms with Gasteiger partial charge in [-0.3, -0.25) is 4.79 Å². The van der Waals surface area contributed by atoms with Crippen LogP contribution >= 0.6 is 11.3 Å². The zero-order valence-electron chi connectivity index (χ0n) is 11.0. The second-order valence-corrected chi connectivity index (χ2v) is 5.45. The zero-order chi connectivity index (χ0) is 13.8. The topological polar surface area (TPSA) is 17.1 Å². The minimum atomic E-state index is 0.169. The number of rotatable bonds is 4. The third kappa shape index (κ3) is 2.86. The molecule has 3 aromatic rings. The monoisotopic (exact) mass is 278 g/mol. The fourth-order valence-electron chi connectivity index (χ4n) is 2.16. The van der Waals surface area contributed by atoms with Crippen molar-refractivity contribution in [1.82, 2.24) is 0 Å². The van der Waals surface area contributed by atoms with E-state index in [9.17, 15) is 4.79 Å². The van der Waals surface area contributed by atoms with Gasteiger partial charge < -0.3 is 0 Å². The molecular formula is C18H14OS. The van der Waals surface area contributed by atoms with Crippen molar-refractivity contribution in [2.45, 2.75) is 6.42 Å². The maximum absolute atomic E-state index is 12.2. The molecule has 1 nitrogen and oxygen atoms in total. The Balaban J connectivity index is 1.78. The van der Waals surface area contributed by atoms with Gasteiger partial charge in [0.15, 0.2) is 5.78 Å². The van der Waals surface area contributed by atoms with Gasteiger partial charge in [0.2, 0.25) is 0 Å². The van der Waals surface area contributed by atoms with Gasteiger partial charge in [-0.1, -0.05) is 54.6 Å². The molecule has 0 aliphatic rings. The van der Waals surface area contributed by atoms with Crippen molar-refractivity contribution in [2.24, 2.45) is 0 Å². The summed E-state index contributed by atoms with van der Waals surface area (Å²) in [5.41, 5.74) is 4.17. The maximum Gasteiger partial charge on any atom is 0.167 e. The molecule has 0 unspecified atom stereocenters. The van der Waals surface area contributed by atoms with Crippen LogP contribution in [0.5, 0.6) is 0 Å². The third-order valence-electron chi connectivity index (χ3n) is 3.26. The van der Waals surface area contributed by atoms with Crippen LogP contribution in [0.1, 0.15) is 15.9 Å². The number of carbonyl (C=O) groups is 1. The largest absolute Gasteiger partial charge is 0.294 e. The van der Waals surface area contributed by atoms with E-state index in [0.717, 1.165) is 16.7 Å². The van der Waals surface area contributed by atoms with Crippen molar-refractivity contribution >= 4 is 17.1 Å². The number of Topliss-reactive ketones (excluding diaryl/α,β-unsaturated/α-hetero) is 1. The van der Waals surface area contributed by atoms with Gasteiger partial charge in [0.05, 0.1) is 0 Å². The molecule has 1 heterocycles. The summed E-state index contributed by atoms with van der Waals surface area (Å²) >= 11 is 1.62. The lowest BCUT2D eigenvalue weighted by molar-refractivity contribution is 0.0993. The van der Waals surface area contributed by atoms with E-state index in [1.54, 1.807) is 11.3 Å². The van der Waals surface area contributed by atoms with Gasteiger partial charge in [0.25, 0.3) is 0 Å². The number of hydrogen-bond donors (Lipinski definition) is 0. The molecular weight excluding hydrogens is 264 g/mol. The Morgan fingerprint density at radius 2 is 1.55 bits per heavy atom. The summed E-state index contributed by atoms with van der Waals surface area (Å²) in [6, 6.07) is 20.0. The standard InChI is InChI=1S/C18H14OS/c19-18(12-14-10-11-20-13-14)17-8-6-16(7-9-17)15-4-2-1-3-5-15/h1-11,13H,12H2. The van der Waals surface area contributed by atoms with E-state index in [-0.39, 0.29) is 5.78 Å². The Hall–Kier alpha value is -2.19. The molecule has 0 N–H and O–H groups in total. The average molecular weight is 278 g/mol. The third-order valence-corrected chi connectivity index (χ3v) is 3.99. The van der Waals surface area contributed by atoms with E-state index in [0.29, 0.717) is 6.42 Å². The first-order valence-corrected chi connectivity index (χ1v) is 7.47. The Morgan fingerprint density at radius 1 is 0.850 bits per heavy atom. The summed E-state index contributed by atoms with van der Waals surface area (Å²) in [5, 5.41) is 4.03. The summed E-state index contributed by atoms with van der Waals surface area (Å²) in [5.74, 6) is 0.169. The summed E-state index contributed by atoms with van der Waals surface area (Å²) in [6.45, 7) is 0. The first-order valence-electron chi connectivity index (χ1n) is 6.53. The Bertz CT molecular complexity index is 682. The molecule has 0 spiro atoms. The Labute approximate surface area is 122 Å². The molecule has 0 amide bonds. The van der Waals surface area contributed by atoms with Crippen LogP contribution in [0, 0.1) is 0 Å². The number of ketones is 1. The van der Waals surface area contributed by atoms with Crippen LogP contribution in [0.4, 0.5) is 0 Å². The van der Waals surface area contributed by atoms with Crippen LogP contribution < -0.4 is 0 Å². The average Bonchev–Trinajstić information content (AvgIpc) is 3.01. The molecule has 2 heteroatoms. The minimum absolute atomic E-state index is 0.169. The Morgan fingerprint density at radius 3 is 2.20 bits per heavy atom. The number of thiophene rings is 1. The molecule has 20 heavy (non-hydrogen) atoms. The van der Waals surface area contributed by atoms with Gasteiger partial charge in [-0.15, -0.1) is 0 Å². The van der Waals surface area contributed by atoms with E-state index >= 15 is 0 Å². The number of carbonyl (C=O) groups excluding carboxylic acids is 1. The highest BCUT2D eigenvalue weighted by Crippen LogP contribution is 2.20. The van der Waals surface area contributed by atoms with Crippen molar-refractivity contribution in [3.8, 4) is 11.1 Å². The van der Waals surface area contributed by atoms with Crippen molar-refractivity contribution in [2.75, 3.05) is 0 Å². The maximum atomic E-state index is 12.2. The van der Waals surface area contributed by atoms with Crippen molar-refractivity contribution < 1.29 is 4.79 Å². The molecule has 0 aliphatic carbocycles. The molecule has 0 fully saturated rings.